The first-order valence-corrected chi connectivity index (χ1v) is 4.14. The second-order valence-corrected chi connectivity index (χ2v) is 1.89. The van der Waals surface area contributed by atoms with Gasteiger partial charge in [-0.25, -0.2) is 9.37 Å². The summed E-state index contributed by atoms with van der Waals surface area (Å²) in [5, 5.41) is 0.136. The highest BCUT2D eigenvalue weighted by Crippen LogP contribution is 2.14. The van der Waals surface area contributed by atoms with Gasteiger partial charge in [-0.3, -0.25) is 0 Å². The molecule has 0 spiro atoms. The number of anilines is 1. The molecule has 0 aliphatic carbocycles. The fraction of sp³-hybridized carbons (Fsp3) is 0.286. The maximum atomic E-state index is 12.1. The summed E-state index contributed by atoms with van der Waals surface area (Å²) in [7, 11) is 0. The molecular formula is C7H10ClFN2OS. The van der Waals surface area contributed by atoms with Gasteiger partial charge in [-0.2, -0.15) is 4.21 Å². The van der Waals surface area contributed by atoms with Crippen molar-refractivity contribution in [3.63, 3.8) is 0 Å². The normalized spacial score (nSPS) is 7.38. The predicted molar refractivity (Wildman–Crippen MR) is 53.1 cm³/mol. The molecule has 2 N–H and O–H groups in total. The molecule has 1 heterocycles. The number of rotatable bonds is 0. The molecule has 0 bridgehead atoms. The minimum atomic E-state index is -0.475. The van der Waals surface area contributed by atoms with E-state index < -0.39 is 5.82 Å². The van der Waals surface area contributed by atoms with E-state index in [4.69, 9.17) is 21.5 Å². The van der Waals surface area contributed by atoms with Crippen LogP contribution in [0.3, 0.4) is 0 Å². The maximum absolute atomic E-state index is 12.1. The molecule has 3 nitrogen and oxygen atoms in total. The Balaban J connectivity index is 0. The molecule has 0 unspecified atom stereocenters. The van der Waals surface area contributed by atoms with Crippen LogP contribution >= 0.6 is 11.6 Å². The quantitative estimate of drug-likeness (QED) is 0.686. The minimum absolute atomic E-state index is 0.136. The molecule has 0 fully saturated rings. The van der Waals surface area contributed by atoms with E-state index >= 15 is 0 Å². The molecule has 0 atom stereocenters. The Morgan fingerprint density at radius 3 is 2.31 bits per heavy atom. The molecule has 13 heavy (non-hydrogen) atoms. The van der Waals surface area contributed by atoms with Gasteiger partial charge >= 0.3 is 0 Å². The largest absolute Gasteiger partial charge is 0.396 e. The fourth-order valence-electron chi connectivity index (χ4n) is 0.438. The second kappa shape index (κ2) is 9.28. The Labute approximate surface area is 86.6 Å². The summed E-state index contributed by atoms with van der Waals surface area (Å²) < 4.78 is 20.0. The van der Waals surface area contributed by atoms with Crippen molar-refractivity contribution in [3.05, 3.63) is 23.2 Å². The number of halogens is 2. The van der Waals surface area contributed by atoms with Crippen molar-refractivity contribution in [3.8, 4) is 0 Å². The highest BCUT2D eigenvalue weighted by molar-refractivity contribution is 7.44. The molecule has 0 aliphatic rings. The third-order valence-electron chi connectivity index (χ3n) is 0.833. The van der Waals surface area contributed by atoms with Crippen LogP contribution in [0.2, 0.25) is 5.15 Å². The molecule has 0 amide bonds. The van der Waals surface area contributed by atoms with Crippen LogP contribution in [0.4, 0.5) is 10.1 Å². The maximum Gasteiger partial charge on any atom is 0.197 e. The summed E-state index contributed by atoms with van der Waals surface area (Å²) in [4.78, 5) is 3.44. The average Bonchev–Trinajstić information content (AvgIpc) is 2.18. The fourth-order valence-corrected chi connectivity index (χ4v) is 0.542. The molecule has 0 radical (unpaired) electrons. The Hall–Kier alpha value is -0.810. The van der Waals surface area contributed by atoms with Gasteiger partial charge in [0, 0.05) is 6.07 Å². The average molecular weight is 225 g/mol. The van der Waals surface area contributed by atoms with Crippen molar-refractivity contribution in [2.45, 2.75) is 13.8 Å². The Morgan fingerprint density at radius 1 is 1.54 bits per heavy atom. The van der Waals surface area contributed by atoms with E-state index in [1.165, 1.54) is 0 Å². The van der Waals surface area contributed by atoms with Crippen LogP contribution in [0.5, 0.6) is 0 Å². The van der Waals surface area contributed by atoms with Crippen molar-refractivity contribution in [1.82, 2.24) is 4.98 Å². The topological polar surface area (TPSA) is 56.0 Å². The third kappa shape index (κ3) is 6.36. The van der Waals surface area contributed by atoms with Gasteiger partial charge in [0.15, 0.2) is 17.7 Å². The number of nitrogen functional groups attached to an aromatic ring is 1. The molecule has 74 valence electrons. The van der Waals surface area contributed by atoms with Crippen LogP contribution in [0.1, 0.15) is 13.8 Å². The number of hydrogen-bond acceptors (Lipinski definition) is 4. The number of nitrogens with two attached hydrogens (primary N) is 1. The van der Waals surface area contributed by atoms with Gasteiger partial charge in [0.2, 0.25) is 0 Å². The number of hydrogen-bond donors (Lipinski definition) is 1. The van der Waals surface area contributed by atoms with Crippen LogP contribution < -0.4 is 5.73 Å². The van der Waals surface area contributed by atoms with Crippen LogP contribution in [0.15, 0.2) is 12.3 Å². The molecule has 0 saturated carbocycles. The first-order chi connectivity index (χ1) is 6.20. The van der Waals surface area contributed by atoms with Crippen LogP contribution in [0, 0.1) is 5.82 Å². The van der Waals surface area contributed by atoms with Gasteiger partial charge in [-0.05, 0) is 0 Å². The lowest BCUT2D eigenvalue weighted by atomic mass is 10.4. The number of pyridine rings is 1. The summed E-state index contributed by atoms with van der Waals surface area (Å²) in [5.74, 6) is -0.475. The standard InChI is InChI=1S/C5H4ClFN2.C2H6.OS/c6-5-4(8)1-3(7)2-9-5;2*1-2/h1-2H,8H2;1-2H3;. The summed E-state index contributed by atoms with van der Waals surface area (Å²) in [6, 6.07) is 1.12. The zero-order valence-electron chi connectivity index (χ0n) is 7.25. The smallest absolute Gasteiger partial charge is 0.197 e. The van der Waals surface area contributed by atoms with Gasteiger partial charge in [-0.1, -0.05) is 25.4 Å². The first kappa shape index (κ1) is 14.7. The Morgan fingerprint density at radius 2 is 2.00 bits per heavy atom. The van der Waals surface area contributed by atoms with Crippen LogP contribution in [-0.4, -0.2) is 9.19 Å². The van der Waals surface area contributed by atoms with Crippen molar-refractivity contribution in [1.29, 1.82) is 0 Å². The van der Waals surface area contributed by atoms with Crippen LogP contribution in [0.25, 0.3) is 0 Å². The molecule has 0 saturated heterocycles. The van der Waals surface area contributed by atoms with Crippen molar-refractivity contribution in [2.75, 3.05) is 5.73 Å². The van der Waals surface area contributed by atoms with Gasteiger partial charge < -0.3 is 5.73 Å². The first-order valence-electron chi connectivity index (χ1n) is 3.43. The Kier molecular flexibility index (Phi) is 10.5. The van der Waals surface area contributed by atoms with E-state index in [0.717, 1.165) is 12.3 Å². The summed E-state index contributed by atoms with van der Waals surface area (Å²) in [6.45, 7) is 4.00. The lowest BCUT2D eigenvalue weighted by Gasteiger charge is -1.93. The number of aromatic nitrogens is 1. The van der Waals surface area contributed by atoms with E-state index in [1.807, 2.05) is 13.8 Å². The molecule has 6 heteroatoms. The zero-order valence-corrected chi connectivity index (χ0v) is 8.82. The van der Waals surface area contributed by atoms with Gasteiger partial charge in [-0.15, -0.1) is 0 Å². The molecule has 1 aromatic rings. The summed E-state index contributed by atoms with van der Waals surface area (Å²) in [5.41, 5.74) is 5.35. The molecule has 1 aromatic heterocycles. The van der Waals surface area contributed by atoms with Crippen LogP contribution in [-0.2, 0) is 12.5 Å². The van der Waals surface area contributed by atoms with E-state index in [-0.39, 0.29) is 10.8 Å². The summed E-state index contributed by atoms with van der Waals surface area (Å²) in [6.07, 6.45) is 1.01. The molecular weight excluding hydrogens is 215 g/mol. The van der Waals surface area contributed by atoms with Crippen molar-refractivity contribution in [2.24, 2.45) is 0 Å². The predicted octanol–water partition coefficient (Wildman–Crippen LogP) is 2.15. The lowest BCUT2D eigenvalue weighted by molar-refractivity contribution is 0.622. The van der Waals surface area contributed by atoms with Crippen molar-refractivity contribution < 1.29 is 8.60 Å². The van der Waals surface area contributed by atoms with Gasteiger partial charge in [0.25, 0.3) is 0 Å². The highest BCUT2D eigenvalue weighted by atomic mass is 35.5. The van der Waals surface area contributed by atoms with E-state index in [1.54, 1.807) is 0 Å². The second-order valence-electron chi connectivity index (χ2n) is 1.53. The molecule has 1 rings (SSSR count). The number of nitrogens with zero attached hydrogens (tertiary/aromatic N) is 1. The Bertz CT molecular complexity index is 250. The lowest BCUT2D eigenvalue weighted by Crippen LogP contribution is -1.89. The SMILES string of the molecule is CC.Nc1cc(F)cnc1Cl.O=S. The molecule has 0 aromatic carbocycles. The van der Waals surface area contributed by atoms with Gasteiger partial charge in [0.05, 0.1) is 11.9 Å². The van der Waals surface area contributed by atoms with Crippen molar-refractivity contribution >= 4 is 29.8 Å². The third-order valence-corrected chi connectivity index (χ3v) is 1.15. The summed E-state index contributed by atoms with van der Waals surface area (Å²) >= 11 is 8.21. The van der Waals surface area contributed by atoms with Gasteiger partial charge in [0.1, 0.15) is 5.82 Å². The zero-order chi connectivity index (χ0) is 10.9. The van der Waals surface area contributed by atoms with E-state index in [2.05, 4.69) is 17.5 Å². The highest BCUT2D eigenvalue weighted by Gasteiger charge is 1.96. The van der Waals surface area contributed by atoms with E-state index in [0.29, 0.717) is 0 Å². The molecule has 0 aliphatic heterocycles. The van der Waals surface area contributed by atoms with E-state index in [9.17, 15) is 4.39 Å². The minimum Gasteiger partial charge on any atom is -0.396 e. The monoisotopic (exact) mass is 224 g/mol.